The summed E-state index contributed by atoms with van der Waals surface area (Å²) in [4.78, 5) is 0. The molecule has 0 spiro atoms. The second-order valence-electron chi connectivity index (χ2n) is 13.5. The first-order valence-corrected chi connectivity index (χ1v) is 20.4. The van der Waals surface area contributed by atoms with Crippen LogP contribution in [0.2, 0.25) is 0 Å². The minimum atomic E-state index is 0.00898. The molecule has 270 valence electrons. The van der Waals surface area contributed by atoms with Gasteiger partial charge in [-0.05, 0) is 51.0 Å². The van der Waals surface area contributed by atoms with Crippen LogP contribution < -0.4 is 0 Å². The van der Waals surface area contributed by atoms with Gasteiger partial charge in [-0.3, -0.25) is 0 Å². The van der Waals surface area contributed by atoms with Gasteiger partial charge >= 0.3 is 0 Å². The van der Waals surface area contributed by atoms with E-state index in [-0.39, 0.29) is 6.29 Å². The van der Waals surface area contributed by atoms with Gasteiger partial charge in [-0.1, -0.05) is 175 Å². The van der Waals surface area contributed by atoms with Crippen LogP contribution in [0.3, 0.4) is 0 Å². The van der Waals surface area contributed by atoms with E-state index in [0.29, 0.717) is 6.79 Å². The molecular formula is C41H82O4. The maximum Gasteiger partial charge on any atom is 0.188 e. The zero-order valence-corrected chi connectivity index (χ0v) is 31.1. The van der Waals surface area contributed by atoms with Crippen molar-refractivity contribution in [2.45, 2.75) is 226 Å². The Balaban J connectivity index is 3.70. The van der Waals surface area contributed by atoms with E-state index >= 15 is 0 Å². The van der Waals surface area contributed by atoms with Crippen molar-refractivity contribution in [3.63, 3.8) is 0 Å². The van der Waals surface area contributed by atoms with Crippen LogP contribution in [0.5, 0.6) is 0 Å². The average molecular weight is 639 g/mol. The van der Waals surface area contributed by atoms with Crippen LogP contribution in [0.25, 0.3) is 0 Å². The highest BCUT2D eigenvalue weighted by molar-refractivity contribution is 4.72. The normalized spacial score (nSPS) is 11.8. The summed E-state index contributed by atoms with van der Waals surface area (Å²) in [5.74, 6) is 0. The van der Waals surface area contributed by atoms with Crippen molar-refractivity contribution in [2.24, 2.45) is 0 Å². The van der Waals surface area contributed by atoms with E-state index < -0.39 is 0 Å². The van der Waals surface area contributed by atoms with Crippen molar-refractivity contribution in [3.8, 4) is 0 Å². The second-order valence-corrected chi connectivity index (χ2v) is 13.5. The van der Waals surface area contributed by atoms with Crippen molar-refractivity contribution in [1.82, 2.24) is 0 Å². The topological polar surface area (TPSA) is 36.9 Å². The minimum absolute atomic E-state index is 0.00898. The molecule has 0 aliphatic carbocycles. The Morgan fingerprint density at radius 1 is 0.400 bits per heavy atom. The summed E-state index contributed by atoms with van der Waals surface area (Å²) in [6.45, 7) is 9.78. The molecule has 0 saturated heterocycles. The fraction of sp³-hybridized carbons (Fsp3) is 0.951. The molecule has 4 heteroatoms. The van der Waals surface area contributed by atoms with E-state index in [2.05, 4.69) is 26.8 Å². The lowest BCUT2D eigenvalue weighted by atomic mass is 10.1. The Morgan fingerprint density at radius 2 is 0.778 bits per heavy atom. The molecule has 0 aromatic rings. The largest absolute Gasteiger partial charge is 0.475 e. The lowest BCUT2D eigenvalue weighted by Gasteiger charge is -2.19. The highest BCUT2D eigenvalue weighted by Crippen LogP contribution is 2.15. The third kappa shape index (κ3) is 39.5. The van der Waals surface area contributed by atoms with Gasteiger partial charge in [-0.2, -0.15) is 0 Å². The summed E-state index contributed by atoms with van der Waals surface area (Å²) in [6, 6.07) is 0. The fourth-order valence-corrected chi connectivity index (χ4v) is 5.84. The molecule has 0 aromatic carbocycles. The molecule has 4 nitrogen and oxygen atoms in total. The van der Waals surface area contributed by atoms with Crippen molar-refractivity contribution in [3.05, 3.63) is 12.3 Å². The molecular weight excluding hydrogens is 556 g/mol. The van der Waals surface area contributed by atoms with Crippen LogP contribution in [0.15, 0.2) is 12.3 Å². The highest BCUT2D eigenvalue weighted by atomic mass is 16.7. The Kier molecular flexibility index (Phi) is 40.9. The second kappa shape index (κ2) is 41.4. The predicted molar refractivity (Wildman–Crippen MR) is 197 cm³/mol. The molecule has 0 fully saturated rings. The first-order chi connectivity index (χ1) is 22.3. The maximum atomic E-state index is 6.23. The van der Waals surface area contributed by atoms with Gasteiger partial charge in [0.1, 0.15) is 0 Å². The molecule has 0 heterocycles. The summed E-state index contributed by atoms with van der Waals surface area (Å²) in [6.07, 6.45) is 44.5. The smallest absolute Gasteiger partial charge is 0.188 e. The van der Waals surface area contributed by atoms with Crippen molar-refractivity contribution >= 4 is 0 Å². The Bertz CT molecular complexity index is 518. The Labute approximate surface area is 283 Å². The van der Waals surface area contributed by atoms with Gasteiger partial charge < -0.3 is 18.9 Å². The maximum absolute atomic E-state index is 6.23. The molecule has 45 heavy (non-hydrogen) atoms. The third-order valence-corrected chi connectivity index (χ3v) is 8.90. The van der Waals surface area contributed by atoms with Crippen LogP contribution in [0.4, 0.5) is 0 Å². The van der Waals surface area contributed by atoms with Crippen LogP contribution in [-0.2, 0) is 18.9 Å². The summed E-state index contributed by atoms with van der Waals surface area (Å²) in [5, 5.41) is 0. The summed E-state index contributed by atoms with van der Waals surface area (Å²) in [5.41, 5.74) is 0. The first kappa shape index (κ1) is 44.4. The summed E-state index contributed by atoms with van der Waals surface area (Å²) in [7, 11) is 0. The molecule has 0 rings (SSSR count). The molecule has 0 radical (unpaired) electrons. The summed E-state index contributed by atoms with van der Waals surface area (Å²) < 4.78 is 23.5. The van der Waals surface area contributed by atoms with Crippen LogP contribution >= 0.6 is 0 Å². The summed E-state index contributed by atoms with van der Waals surface area (Å²) >= 11 is 0. The van der Waals surface area contributed by atoms with Gasteiger partial charge in [-0.25, -0.2) is 0 Å². The predicted octanol–water partition coefficient (Wildman–Crippen LogP) is 14.0. The number of rotatable bonds is 40. The van der Waals surface area contributed by atoms with Crippen molar-refractivity contribution in [1.29, 1.82) is 0 Å². The van der Waals surface area contributed by atoms with E-state index in [4.69, 9.17) is 18.9 Å². The Hall–Kier alpha value is -0.580. The van der Waals surface area contributed by atoms with E-state index in [1.165, 1.54) is 180 Å². The van der Waals surface area contributed by atoms with Gasteiger partial charge in [0.05, 0.1) is 12.9 Å². The van der Waals surface area contributed by atoms with E-state index in [9.17, 15) is 0 Å². The molecule has 0 aliphatic heterocycles. The zero-order chi connectivity index (χ0) is 32.6. The van der Waals surface area contributed by atoms with Gasteiger partial charge in [-0.15, -0.1) is 0 Å². The Morgan fingerprint density at radius 3 is 1.24 bits per heavy atom. The molecule has 0 atom stereocenters. The number of hydrogen-bond donors (Lipinski definition) is 0. The highest BCUT2D eigenvalue weighted by Gasteiger charge is 2.09. The minimum Gasteiger partial charge on any atom is -0.475 e. The van der Waals surface area contributed by atoms with E-state index in [0.717, 1.165) is 39.1 Å². The molecule has 0 aromatic heterocycles. The molecule has 0 bridgehead atoms. The SMILES string of the molecule is CCCCCCCCCCOCOC=CCCCCCCCCCC(OCCCCCCCCC)OCCCCCCCCC. The van der Waals surface area contributed by atoms with Gasteiger partial charge in [0, 0.05) is 13.2 Å². The van der Waals surface area contributed by atoms with Gasteiger partial charge in [0.25, 0.3) is 0 Å². The third-order valence-electron chi connectivity index (χ3n) is 8.90. The van der Waals surface area contributed by atoms with Gasteiger partial charge in [0.2, 0.25) is 0 Å². The molecule has 0 N–H and O–H groups in total. The quantitative estimate of drug-likeness (QED) is 0.0380. The van der Waals surface area contributed by atoms with Crippen LogP contribution in [-0.4, -0.2) is 32.9 Å². The number of unbranched alkanes of at least 4 members (excludes halogenated alkanes) is 26. The molecule has 0 amide bonds. The van der Waals surface area contributed by atoms with E-state index in [1.54, 1.807) is 0 Å². The monoisotopic (exact) mass is 639 g/mol. The lowest BCUT2D eigenvalue weighted by Crippen LogP contribution is -2.19. The number of hydrogen-bond acceptors (Lipinski definition) is 4. The molecule has 0 saturated carbocycles. The van der Waals surface area contributed by atoms with Crippen molar-refractivity contribution in [2.75, 3.05) is 26.6 Å². The molecule has 0 aliphatic rings. The fourth-order valence-electron chi connectivity index (χ4n) is 5.84. The van der Waals surface area contributed by atoms with Gasteiger partial charge in [0.15, 0.2) is 13.1 Å². The number of allylic oxidation sites excluding steroid dienone is 1. The zero-order valence-electron chi connectivity index (χ0n) is 31.1. The lowest BCUT2D eigenvalue weighted by molar-refractivity contribution is -0.148. The van der Waals surface area contributed by atoms with Crippen LogP contribution in [0.1, 0.15) is 220 Å². The van der Waals surface area contributed by atoms with Crippen LogP contribution in [0, 0.1) is 0 Å². The van der Waals surface area contributed by atoms with E-state index in [1.807, 2.05) is 6.26 Å². The number of ether oxygens (including phenoxy) is 4. The molecule has 0 unspecified atom stereocenters. The standard InChI is InChI=1S/C41H82O4/c1-4-7-10-13-16-23-26-31-36-42-40-43-37-32-27-24-19-17-18-20-25-30-35-41(44-38-33-28-21-14-11-8-5-2)45-39-34-29-22-15-12-9-6-3/h32,37,41H,4-31,33-36,38-40H2,1-3H3. The first-order valence-electron chi connectivity index (χ1n) is 20.4. The van der Waals surface area contributed by atoms with Crippen molar-refractivity contribution < 1.29 is 18.9 Å². The average Bonchev–Trinajstić information content (AvgIpc) is 3.05.